The highest BCUT2D eigenvalue weighted by molar-refractivity contribution is 5.90. The Hall–Kier alpha value is -3.02. The van der Waals surface area contributed by atoms with E-state index in [2.05, 4.69) is 33.7 Å². The molecule has 0 spiro atoms. The molecule has 0 aliphatic carbocycles. The Kier molecular flexibility index (Phi) is 7.71. The Morgan fingerprint density at radius 2 is 1.70 bits per heavy atom. The van der Waals surface area contributed by atoms with Crippen molar-refractivity contribution in [1.82, 2.24) is 10.2 Å². The number of anilines is 2. The summed E-state index contributed by atoms with van der Waals surface area (Å²) in [5.41, 5.74) is 4.16. The predicted octanol–water partition coefficient (Wildman–Crippen LogP) is 4.37. The van der Waals surface area contributed by atoms with Crippen LogP contribution >= 0.6 is 0 Å². The molecule has 2 aromatic carbocycles. The highest BCUT2D eigenvalue weighted by Crippen LogP contribution is 2.25. The maximum atomic E-state index is 12.6. The van der Waals surface area contributed by atoms with Gasteiger partial charge in [-0.05, 0) is 48.6 Å². The number of piperidine rings is 1. The molecule has 2 aromatic rings. The van der Waals surface area contributed by atoms with E-state index in [1.165, 1.54) is 30.5 Å². The number of hydrogen-bond acceptors (Lipinski definition) is 3. The molecule has 0 unspecified atom stereocenters. The summed E-state index contributed by atoms with van der Waals surface area (Å²) < 4.78 is 0. The monoisotopic (exact) mass is 408 g/mol. The first-order chi connectivity index (χ1) is 14.6. The molecule has 30 heavy (non-hydrogen) atoms. The summed E-state index contributed by atoms with van der Waals surface area (Å²) in [5, 5.41) is 5.80. The maximum Gasteiger partial charge on any atom is 0.317 e. The Bertz CT molecular complexity index is 845. The summed E-state index contributed by atoms with van der Waals surface area (Å²) in [7, 11) is 1.83. The van der Waals surface area contributed by atoms with Crippen LogP contribution in [0.2, 0.25) is 0 Å². The quantitative estimate of drug-likeness (QED) is 0.715. The average Bonchev–Trinajstić information content (AvgIpc) is 2.79. The molecule has 1 saturated heterocycles. The van der Waals surface area contributed by atoms with E-state index in [4.69, 9.17) is 0 Å². The molecule has 0 atom stereocenters. The van der Waals surface area contributed by atoms with Crippen LogP contribution in [0.15, 0.2) is 48.5 Å². The molecule has 1 fully saturated rings. The van der Waals surface area contributed by atoms with Gasteiger partial charge in [0.05, 0.1) is 0 Å². The number of carbonyl (C=O) groups is 2. The molecule has 1 aliphatic heterocycles. The number of rotatable bonds is 7. The third kappa shape index (κ3) is 5.99. The van der Waals surface area contributed by atoms with Crippen molar-refractivity contribution in [3.8, 4) is 0 Å². The number of benzene rings is 2. The molecule has 6 heteroatoms. The third-order valence-electron chi connectivity index (χ3n) is 5.45. The lowest BCUT2D eigenvalue weighted by Crippen LogP contribution is -2.37. The van der Waals surface area contributed by atoms with Crippen LogP contribution in [0.1, 0.15) is 43.7 Å². The molecule has 1 heterocycles. The van der Waals surface area contributed by atoms with E-state index in [-0.39, 0.29) is 11.9 Å². The summed E-state index contributed by atoms with van der Waals surface area (Å²) in [6, 6.07) is 15.8. The maximum absolute atomic E-state index is 12.6. The lowest BCUT2D eigenvalue weighted by Gasteiger charge is -2.31. The van der Waals surface area contributed by atoms with Gasteiger partial charge in [0.25, 0.3) is 0 Å². The first-order valence-electron chi connectivity index (χ1n) is 10.8. The van der Waals surface area contributed by atoms with Crippen LogP contribution in [-0.2, 0) is 17.9 Å². The van der Waals surface area contributed by atoms with Crippen molar-refractivity contribution in [2.75, 3.05) is 30.4 Å². The average molecular weight is 409 g/mol. The minimum atomic E-state index is -0.105. The van der Waals surface area contributed by atoms with Gasteiger partial charge in [-0.2, -0.15) is 0 Å². The lowest BCUT2D eigenvalue weighted by molar-refractivity contribution is -0.115. The molecule has 0 aromatic heterocycles. The Morgan fingerprint density at radius 3 is 2.40 bits per heavy atom. The smallest absolute Gasteiger partial charge is 0.317 e. The van der Waals surface area contributed by atoms with Gasteiger partial charge in [0, 0.05) is 51.0 Å². The summed E-state index contributed by atoms with van der Waals surface area (Å²) in [4.78, 5) is 28.2. The van der Waals surface area contributed by atoms with Crippen LogP contribution in [0.4, 0.5) is 16.2 Å². The van der Waals surface area contributed by atoms with Crippen LogP contribution in [0.3, 0.4) is 0 Å². The summed E-state index contributed by atoms with van der Waals surface area (Å²) in [6.07, 6.45) is 4.20. The normalized spacial score (nSPS) is 13.6. The predicted molar refractivity (Wildman–Crippen MR) is 122 cm³/mol. The molecule has 160 valence electrons. The standard InChI is InChI=1S/C24H32N4O2/c1-3-23(29)26-21-13-11-19(12-14-21)17-25-24(30)27(2)18-20-9-5-6-10-22(20)28-15-7-4-8-16-28/h5-6,9-14H,3-4,7-8,15-18H2,1-2H3,(H,25,30)(H,26,29). The third-order valence-corrected chi connectivity index (χ3v) is 5.45. The minimum absolute atomic E-state index is 0.0116. The van der Waals surface area contributed by atoms with Crippen LogP contribution < -0.4 is 15.5 Å². The van der Waals surface area contributed by atoms with E-state index >= 15 is 0 Å². The van der Waals surface area contributed by atoms with Gasteiger partial charge in [-0.1, -0.05) is 37.3 Å². The second-order valence-electron chi connectivity index (χ2n) is 7.79. The van der Waals surface area contributed by atoms with Crippen molar-refractivity contribution in [3.63, 3.8) is 0 Å². The number of amides is 3. The van der Waals surface area contributed by atoms with Crippen molar-refractivity contribution in [2.45, 2.75) is 45.7 Å². The largest absolute Gasteiger partial charge is 0.371 e. The van der Waals surface area contributed by atoms with Gasteiger partial charge in [0.2, 0.25) is 5.91 Å². The van der Waals surface area contributed by atoms with Gasteiger partial charge in [0.1, 0.15) is 0 Å². The highest BCUT2D eigenvalue weighted by Gasteiger charge is 2.16. The molecule has 3 amide bonds. The zero-order chi connectivity index (χ0) is 21.3. The van der Waals surface area contributed by atoms with E-state index in [1.807, 2.05) is 44.3 Å². The van der Waals surface area contributed by atoms with Crippen LogP contribution in [-0.4, -0.2) is 37.0 Å². The van der Waals surface area contributed by atoms with Crippen molar-refractivity contribution in [3.05, 3.63) is 59.7 Å². The van der Waals surface area contributed by atoms with Gasteiger partial charge in [-0.15, -0.1) is 0 Å². The zero-order valence-corrected chi connectivity index (χ0v) is 18.0. The number of carbonyl (C=O) groups excluding carboxylic acids is 2. The zero-order valence-electron chi connectivity index (χ0n) is 18.0. The second-order valence-corrected chi connectivity index (χ2v) is 7.79. The molecular weight excluding hydrogens is 376 g/mol. The molecule has 0 bridgehead atoms. The first kappa shape index (κ1) is 21.7. The van der Waals surface area contributed by atoms with E-state index in [9.17, 15) is 9.59 Å². The minimum Gasteiger partial charge on any atom is -0.371 e. The first-order valence-corrected chi connectivity index (χ1v) is 10.8. The molecule has 6 nitrogen and oxygen atoms in total. The van der Waals surface area contributed by atoms with Gasteiger partial charge >= 0.3 is 6.03 Å². The second kappa shape index (κ2) is 10.7. The number of hydrogen-bond donors (Lipinski definition) is 2. The van der Waals surface area contributed by atoms with Crippen molar-refractivity contribution >= 4 is 23.3 Å². The molecular formula is C24H32N4O2. The van der Waals surface area contributed by atoms with E-state index < -0.39 is 0 Å². The summed E-state index contributed by atoms with van der Waals surface area (Å²) in [5.74, 6) is -0.0116. The Morgan fingerprint density at radius 1 is 1.00 bits per heavy atom. The van der Waals surface area contributed by atoms with Crippen LogP contribution in [0, 0.1) is 0 Å². The lowest BCUT2D eigenvalue weighted by atomic mass is 10.1. The summed E-state index contributed by atoms with van der Waals surface area (Å²) in [6.45, 7) is 5.00. The molecule has 1 aliphatic rings. The number of para-hydroxylation sites is 1. The van der Waals surface area contributed by atoms with Gasteiger partial charge in [-0.3, -0.25) is 4.79 Å². The van der Waals surface area contributed by atoms with E-state index in [0.29, 0.717) is 19.5 Å². The Balaban J connectivity index is 1.53. The van der Waals surface area contributed by atoms with E-state index in [1.54, 1.807) is 4.90 Å². The van der Waals surface area contributed by atoms with Crippen LogP contribution in [0.25, 0.3) is 0 Å². The van der Waals surface area contributed by atoms with Crippen molar-refractivity contribution < 1.29 is 9.59 Å². The fourth-order valence-corrected chi connectivity index (χ4v) is 3.68. The van der Waals surface area contributed by atoms with Gasteiger partial charge < -0.3 is 20.4 Å². The van der Waals surface area contributed by atoms with Crippen LogP contribution in [0.5, 0.6) is 0 Å². The fourth-order valence-electron chi connectivity index (χ4n) is 3.68. The number of nitrogens with one attached hydrogen (secondary N) is 2. The molecule has 2 N–H and O–H groups in total. The van der Waals surface area contributed by atoms with E-state index in [0.717, 1.165) is 24.3 Å². The number of nitrogens with zero attached hydrogens (tertiary/aromatic N) is 2. The molecule has 0 radical (unpaired) electrons. The molecule has 3 rings (SSSR count). The molecule has 0 saturated carbocycles. The van der Waals surface area contributed by atoms with Gasteiger partial charge in [-0.25, -0.2) is 4.79 Å². The van der Waals surface area contributed by atoms with Crippen molar-refractivity contribution in [1.29, 1.82) is 0 Å². The highest BCUT2D eigenvalue weighted by atomic mass is 16.2. The topological polar surface area (TPSA) is 64.7 Å². The van der Waals surface area contributed by atoms with Crippen molar-refractivity contribution in [2.24, 2.45) is 0 Å². The Labute approximate surface area is 179 Å². The SMILES string of the molecule is CCC(=O)Nc1ccc(CNC(=O)N(C)Cc2ccccc2N2CCCCC2)cc1. The fraction of sp³-hybridized carbons (Fsp3) is 0.417. The number of urea groups is 1. The summed E-state index contributed by atoms with van der Waals surface area (Å²) >= 11 is 0. The van der Waals surface area contributed by atoms with Gasteiger partial charge in [0.15, 0.2) is 0 Å².